The summed E-state index contributed by atoms with van der Waals surface area (Å²) in [5, 5.41) is 1.86. The zero-order chi connectivity index (χ0) is 16.3. The molecule has 1 aromatic rings. The number of piperidine rings is 1. The van der Waals surface area contributed by atoms with Crippen LogP contribution in [0, 0.1) is 0 Å². The Morgan fingerprint density at radius 1 is 1.27 bits per heavy atom. The minimum atomic E-state index is -3.59. The van der Waals surface area contributed by atoms with Crippen LogP contribution in [0.25, 0.3) is 0 Å². The summed E-state index contributed by atoms with van der Waals surface area (Å²) in [7, 11) is -2.27. The van der Waals surface area contributed by atoms with Gasteiger partial charge in [0.25, 0.3) is 15.9 Å². The molecule has 1 aliphatic rings. The van der Waals surface area contributed by atoms with E-state index in [4.69, 9.17) is 0 Å². The molecule has 22 heavy (non-hydrogen) atoms. The van der Waals surface area contributed by atoms with Crippen LogP contribution in [0.15, 0.2) is 23.4 Å². The predicted octanol–water partition coefficient (Wildman–Crippen LogP) is 0.897. The number of rotatable bonds is 4. The van der Waals surface area contributed by atoms with Gasteiger partial charge in [-0.3, -0.25) is 10.2 Å². The fraction of sp³-hybridized carbons (Fsp3) is 0.571. The van der Waals surface area contributed by atoms with Gasteiger partial charge in [-0.25, -0.2) is 23.1 Å². The molecule has 122 valence electrons. The van der Waals surface area contributed by atoms with E-state index in [1.165, 1.54) is 25.4 Å². The number of carbonyl (C=O) groups excluding carboxylic acids is 1. The lowest BCUT2D eigenvalue weighted by atomic mass is 10.00. The third-order valence-corrected chi connectivity index (χ3v) is 5.30. The van der Waals surface area contributed by atoms with Gasteiger partial charge in [0.15, 0.2) is 5.03 Å². The van der Waals surface area contributed by atoms with Crippen molar-refractivity contribution >= 4 is 15.9 Å². The molecule has 2 atom stereocenters. The van der Waals surface area contributed by atoms with E-state index < -0.39 is 10.0 Å². The second kappa shape index (κ2) is 6.72. The summed E-state index contributed by atoms with van der Waals surface area (Å²) >= 11 is 0. The van der Waals surface area contributed by atoms with Crippen molar-refractivity contribution in [1.82, 2.24) is 20.1 Å². The number of hydrogen-bond donors (Lipinski definition) is 2. The van der Waals surface area contributed by atoms with Gasteiger partial charge in [-0.1, -0.05) is 6.42 Å². The summed E-state index contributed by atoms with van der Waals surface area (Å²) in [5.41, 5.74) is 3.23. The topological polar surface area (TPSA) is 91.4 Å². The van der Waals surface area contributed by atoms with Gasteiger partial charge >= 0.3 is 0 Å². The van der Waals surface area contributed by atoms with Crippen LogP contribution in [-0.2, 0) is 10.0 Å². The summed E-state index contributed by atoms with van der Waals surface area (Å²) in [4.78, 5) is 16.1. The summed E-state index contributed by atoms with van der Waals surface area (Å²) < 4.78 is 25.4. The highest BCUT2D eigenvalue weighted by molar-refractivity contribution is 7.89. The first-order valence-corrected chi connectivity index (χ1v) is 8.82. The Balaban J connectivity index is 2.10. The first-order valence-electron chi connectivity index (χ1n) is 7.34. The molecule has 2 heterocycles. The number of pyridine rings is 1. The number of hydrazine groups is 1. The van der Waals surface area contributed by atoms with E-state index in [1.54, 1.807) is 0 Å². The standard InChI is InChI=1S/C14H22N4O3S/c1-10-5-4-6-11(2)18(10)17-14(19)12-7-8-13(16-9-12)22(20,21)15-3/h7-11,15H,4-6H2,1-3H3,(H,17,19). The van der Waals surface area contributed by atoms with Crippen molar-refractivity contribution in [3.63, 3.8) is 0 Å². The summed E-state index contributed by atoms with van der Waals surface area (Å²) in [6.07, 6.45) is 4.52. The van der Waals surface area contributed by atoms with E-state index in [0.29, 0.717) is 5.56 Å². The molecule has 1 aromatic heterocycles. The van der Waals surface area contributed by atoms with E-state index in [2.05, 4.69) is 29.0 Å². The van der Waals surface area contributed by atoms with Crippen LogP contribution in [0.5, 0.6) is 0 Å². The van der Waals surface area contributed by atoms with Crippen molar-refractivity contribution in [2.45, 2.75) is 50.2 Å². The van der Waals surface area contributed by atoms with Crippen LogP contribution < -0.4 is 10.1 Å². The molecule has 1 amide bonds. The fourth-order valence-electron chi connectivity index (χ4n) is 2.60. The van der Waals surface area contributed by atoms with Gasteiger partial charge < -0.3 is 0 Å². The van der Waals surface area contributed by atoms with E-state index >= 15 is 0 Å². The van der Waals surface area contributed by atoms with E-state index in [9.17, 15) is 13.2 Å². The van der Waals surface area contributed by atoms with E-state index in [0.717, 1.165) is 19.3 Å². The number of aromatic nitrogens is 1. The molecule has 0 saturated carbocycles. The first kappa shape index (κ1) is 16.9. The Bertz CT molecular complexity index is 620. The minimum Gasteiger partial charge on any atom is -0.284 e. The van der Waals surface area contributed by atoms with Gasteiger partial charge in [0.2, 0.25) is 0 Å². The van der Waals surface area contributed by atoms with Crippen molar-refractivity contribution in [3.8, 4) is 0 Å². The monoisotopic (exact) mass is 326 g/mol. The molecule has 0 spiro atoms. The third kappa shape index (κ3) is 3.63. The smallest absolute Gasteiger partial charge is 0.267 e. The van der Waals surface area contributed by atoms with Gasteiger partial charge in [0, 0.05) is 18.3 Å². The molecule has 8 heteroatoms. The third-order valence-electron chi connectivity index (χ3n) is 3.97. The molecule has 2 unspecified atom stereocenters. The highest BCUT2D eigenvalue weighted by Gasteiger charge is 2.26. The Hall–Kier alpha value is -1.51. The molecule has 1 aliphatic heterocycles. The molecule has 2 N–H and O–H groups in total. The van der Waals surface area contributed by atoms with Gasteiger partial charge in [-0.15, -0.1) is 0 Å². The van der Waals surface area contributed by atoms with Gasteiger partial charge in [0.1, 0.15) is 0 Å². The second-order valence-electron chi connectivity index (χ2n) is 5.57. The Kier molecular flexibility index (Phi) is 5.15. The van der Waals surface area contributed by atoms with Crippen molar-refractivity contribution in [3.05, 3.63) is 23.9 Å². The summed E-state index contributed by atoms with van der Waals surface area (Å²) in [6, 6.07) is 3.35. The van der Waals surface area contributed by atoms with Gasteiger partial charge in [-0.05, 0) is 45.9 Å². The molecule has 1 fully saturated rings. The zero-order valence-electron chi connectivity index (χ0n) is 13.0. The number of sulfonamides is 1. The maximum atomic E-state index is 12.3. The fourth-order valence-corrected chi connectivity index (χ4v) is 3.25. The van der Waals surface area contributed by atoms with E-state index in [1.807, 2.05) is 5.01 Å². The van der Waals surface area contributed by atoms with Crippen molar-refractivity contribution in [1.29, 1.82) is 0 Å². The number of carbonyl (C=O) groups is 1. The molecule has 0 aliphatic carbocycles. The molecule has 0 radical (unpaired) electrons. The second-order valence-corrected chi connectivity index (χ2v) is 7.40. The van der Waals surface area contributed by atoms with Crippen LogP contribution in [-0.4, -0.2) is 43.4 Å². The SMILES string of the molecule is CNS(=O)(=O)c1ccc(C(=O)NN2C(C)CCCC2C)cn1. The number of hydrogen-bond acceptors (Lipinski definition) is 5. The van der Waals surface area contributed by atoms with Crippen molar-refractivity contribution in [2.24, 2.45) is 0 Å². The number of nitrogens with one attached hydrogen (secondary N) is 2. The average molecular weight is 326 g/mol. The molecule has 2 rings (SSSR count). The van der Waals surface area contributed by atoms with Crippen LogP contribution in [0.4, 0.5) is 0 Å². The summed E-state index contributed by atoms with van der Waals surface area (Å²) in [6.45, 7) is 4.16. The van der Waals surface area contributed by atoms with Crippen molar-refractivity contribution < 1.29 is 13.2 Å². The Morgan fingerprint density at radius 3 is 2.41 bits per heavy atom. The molecular weight excluding hydrogens is 304 g/mol. The number of nitrogens with zero attached hydrogens (tertiary/aromatic N) is 2. The lowest BCUT2D eigenvalue weighted by molar-refractivity contribution is 0.0369. The minimum absolute atomic E-state index is 0.105. The Labute approximate surface area is 131 Å². The maximum Gasteiger partial charge on any atom is 0.267 e. The molecule has 0 aromatic carbocycles. The van der Waals surface area contributed by atoms with Crippen LogP contribution in [0.2, 0.25) is 0 Å². The maximum absolute atomic E-state index is 12.3. The van der Waals surface area contributed by atoms with Crippen molar-refractivity contribution in [2.75, 3.05) is 7.05 Å². The highest BCUT2D eigenvalue weighted by Crippen LogP contribution is 2.20. The molecule has 0 bridgehead atoms. The zero-order valence-corrected chi connectivity index (χ0v) is 13.9. The van der Waals surface area contributed by atoms with Crippen LogP contribution in [0.3, 0.4) is 0 Å². The largest absolute Gasteiger partial charge is 0.284 e. The Morgan fingerprint density at radius 2 is 1.91 bits per heavy atom. The molecular formula is C14H22N4O3S. The first-order chi connectivity index (χ1) is 10.3. The van der Waals surface area contributed by atoms with Gasteiger partial charge in [0.05, 0.1) is 5.56 Å². The lowest BCUT2D eigenvalue weighted by Gasteiger charge is -2.38. The average Bonchev–Trinajstić information content (AvgIpc) is 2.51. The van der Waals surface area contributed by atoms with Crippen LogP contribution in [0.1, 0.15) is 43.5 Å². The quantitative estimate of drug-likeness (QED) is 0.858. The highest BCUT2D eigenvalue weighted by atomic mass is 32.2. The molecule has 7 nitrogen and oxygen atoms in total. The summed E-state index contributed by atoms with van der Waals surface area (Å²) in [5.74, 6) is -0.276. The van der Waals surface area contributed by atoms with E-state index in [-0.39, 0.29) is 23.0 Å². The van der Waals surface area contributed by atoms with Gasteiger partial charge in [-0.2, -0.15) is 0 Å². The lowest BCUT2D eigenvalue weighted by Crippen LogP contribution is -2.54. The molecule has 1 saturated heterocycles. The normalized spacial score (nSPS) is 23.2. The number of amides is 1. The van der Waals surface area contributed by atoms with Crippen LogP contribution >= 0.6 is 0 Å². The predicted molar refractivity (Wildman–Crippen MR) is 82.6 cm³/mol.